The van der Waals surface area contributed by atoms with Gasteiger partial charge in [0.2, 0.25) is 11.9 Å². The summed E-state index contributed by atoms with van der Waals surface area (Å²) in [6, 6.07) is 12.8. The quantitative estimate of drug-likeness (QED) is 0.489. The van der Waals surface area contributed by atoms with Gasteiger partial charge in [0, 0.05) is 42.0 Å². The van der Waals surface area contributed by atoms with Gasteiger partial charge in [0.25, 0.3) is 0 Å². The molecule has 0 bridgehead atoms. The number of hydrogen-bond donors (Lipinski definition) is 1. The number of halogens is 1. The van der Waals surface area contributed by atoms with Gasteiger partial charge in [-0.2, -0.15) is 0 Å². The lowest BCUT2D eigenvalue weighted by atomic mass is 10.2. The van der Waals surface area contributed by atoms with Crippen molar-refractivity contribution in [3.63, 3.8) is 0 Å². The van der Waals surface area contributed by atoms with Crippen LogP contribution in [0.25, 0.3) is 5.69 Å². The zero-order valence-electron chi connectivity index (χ0n) is 17.9. The standard InChI is InChI=1S/C22H24ClN5O3S/c1-30-18-11-16(12-19(13-18)31-2)24-20(29)14-32-22-26-25-21(27-8-3-4-9-27)28(22)17-7-5-6-15(23)10-17/h5-7,10-13H,3-4,8-9,14H2,1-2H3,(H,24,29). The molecule has 0 aliphatic carbocycles. The predicted octanol–water partition coefficient (Wildman–Crippen LogP) is 4.27. The molecule has 2 heterocycles. The van der Waals surface area contributed by atoms with Crippen molar-refractivity contribution < 1.29 is 14.3 Å². The van der Waals surface area contributed by atoms with Crippen molar-refractivity contribution in [2.75, 3.05) is 43.3 Å². The minimum atomic E-state index is -0.173. The van der Waals surface area contributed by atoms with Crippen molar-refractivity contribution in [2.24, 2.45) is 0 Å². The molecule has 4 rings (SSSR count). The summed E-state index contributed by atoms with van der Waals surface area (Å²) in [5, 5.41) is 12.9. The third kappa shape index (κ3) is 5.11. The van der Waals surface area contributed by atoms with Gasteiger partial charge in [-0.1, -0.05) is 29.4 Å². The zero-order valence-corrected chi connectivity index (χ0v) is 19.4. The third-order valence-electron chi connectivity index (χ3n) is 5.04. The maximum atomic E-state index is 12.6. The summed E-state index contributed by atoms with van der Waals surface area (Å²) < 4.78 is 12.5. The van der Waals surface area contributed by atoms with Gasteiger partial charge in [-0.05, 0) is 31.0 Å². The Bertz CT molecular complexity index is 1080. The molecule has 1 amide bonds. The van der Waals surface area contributed by atoms with Gasteiger partial charge in [0.05, 0.1) is 25.7 Å². The summed E-state index contributed by atoms with van der Waals surface area (Å²) in [4.78, 5) is 14.9. The molecule has 0 spiro atoms. The molecule has 0 atom stereocenters. The first-order chi connectivity index (χ1) is 15.6. The van der Waals surface area contributed by atoms with Crippen LogP contribution in [0.3, 0.4) is 0 Å². The minimum Gasteiger partial charge on any atom is -0.497 e. The van der Waals surface area contributed by atoms with E-state index in [0.29, 0.717) is 27.4 Å². The maximum Gasteiger partial charge on any atom is 0.234 e. The summed E-state index contributed by atoms with van der Waals surface area (Å²) in [5.41, 5.74) is 1.46. The van der Waals surface area contributed by atoms with E-state index in [2.05, 4.69) is 20.4 Å². The molecule has 8 nitrogen and oxygen atoms in total. The van der Waals surface area contributed by atoms with E-state index in [0.717, 1.165) is 37.6 Å². The molecule has 168 valence electrons. The Kier molecular flexibility index (Phi) is 7.06. The van der Waals surface area contributed by atoms with Crippen molar-refractivity contribution in [3.05, 3.63) is 47.5 Å². The van der Waals surface area contributed by atoms with Gasteiger partial charge in [0.15, 0.2) is 5.16 Å². The molecule has 32 heavy (non-hydrogen) atoms. The lowest BCUT2D eigenvalue weighted by molar-refractivity contribution is -0.113. The Morgan fingerprint density at radius 1 is 1.09 bits per heavy atom. The zero-order chi connectivity index (χ0) is 22.5. The van der Waals surface area contributed by atoms with Crippen molar-refractivity contribution in [1.82, 2.24) is 14.8 Å². The molecule has 2 aromatic carbocycles. The van der Waals surface area contributed by atoms with E-state index in [-0.39, 0.29) is 11.7 Å². The molecule has 1 N–H and O–H groups in total. The van der Waals surface area contributed by atoms with Crippen LogP contribution in [-0.2, 0) is 4.79 Å². The average Bonchev–Trinajstić information content (AvgIpc) is 3.47. The number of carbonyl (C=O) groups is 1. The summed E-state index contributed by atoms with van der Waals surface area (Å²) in [6.07, 6.45) is 2.24. The number of nitrogens with one attached hydrogen (secondary N) is 1. The fourth-order valence-corrected chi connectivity index (χ4v) is 4.46. The molecule has 0 unspecified atom stereocenters. The highest BCUT2D eigenvalue weighted by Gasteiger charge is 2.23. The van der Waals surface area contributed by atoms with Crippen LogP contribution in [0.1, 0.15) is 12.8 Å². The number of aromatic nitrogens is 3. The number of ether oxygens (including phenoxy) is 2. The first-order valence-electron chi connectivity index (χ1n) is 10.2. The van der Waals surface area contributed by atoms with Gasteiger partial charge >= 0.3 is 0 Å². The number of anilines is 2. The second kappa shape index (κ2) is 10.1. The van der Waals surface area contributed by atoms with Crippen LogP contribution in [-0.4, -0.2) is 53.7 Å². The van der Waals surface area contributed by atoms with Gasteiger partial charge in [-0.25, -0.2) is 0 Å². The van der Waals surface area contributed by atoms with E-state index in [1.807, 2.05) is 28.8 Å². The molecule has 1 saturated heterocycles. The number of rotatable bonds is 8. The van der Waals surface area contributed by atoms with Crippen molar-refractivity contribution in [1.29, 1.82) is 0 Å². The van der Waals surface area contributed by atoms with Crippen LogP contribution < -0.4 is 19.7 Å². The summed E-state index contributed by atoms with van der Waals surface area (Å²) >= 11 is 7.55. The van der Waals surface area contributed by atoms with Gasteiger partial charge in [0.1, 0.15) is 11.5 Å². The Hall–Kier alpha value is -2.91. The Morgan fingerprint density at radius 2 is 1.81 bits per heavy atom. The normalized spacial score (nSPS) is 13.3. The smallest absolute Gasteiger partial charge is 0.234 e. The molecule has 1 aromatic heterocycles. The third-order valence-corrected chi connectivity index (χ3v) is 6.20. The highest BCUT2D eigenvalue weighted by atomic mass is 35.5. The fraction of sp³-hybridized carbons (Fsp3) is 0.318. The fourth-order valence-electron chi connectivity index (χ4n) is 3.53. The number of benzene rings is 2. The second-order valence-electron chi connectivity index (χ2n) is 7.23. The maximum absolute atomic E-state index is 12.6. The first-order valence-corrected chi connectivity index (χ1v) is 11.6. The van der Waals surface area contributed by atoms with Gasteiger partial charge in [-0.3, -0.25) is 9.36 Å². The molecule has 3 aromatic rings. The Labute approximate surface area is 195 Å². The summed E-state index contributed by atoms with van der Waals surface area (Å²) in [6.45, 7) is 1.86. The molecular formula is C22H24ClN5O3S. The molecule has 0 saturated carbocycles. The second-order valence-corrected chi connectivity index (χ2v) is 8.61. The average molecular weight is 474 g/mol. The number of nitrogens with zero attached hydrogens (tertiary/aromatic N) is 4. The van der Waals surface area contributed by atoms with Crippen molar-refractivity contribution >= 4 is 40.9 Å². The molecule has 0 radical (unpaired) electrons. The number of amides is 1. The molecular weight excluding hydrogens is 450 g/mol. The number of hydrogen-bond acceptors (Lipinski definition) is 7. The molecule has 10 heteroatoms. The predicted molar refractivity (Wildman–Crippen MR) is 127 cm³/mol. The summed E-state index contributed by atoms with van der Waals surface area (Å²) in [7, 11) is 3.13. The van der Waals surface area contributed by atoms with Crippen LogP contribution in [0.2, 0.25) is 5.02 Å². The van der Waals surface area contributed by atoms with E-state index in [1.54, 1.807) is 32.4 Å². The van der Waals surface area contributed by atoms with Gasteiger partial charge < -0.3 is 19.7 Å². The number of thioether (sulfide) groups is 1. The van der Waals surface area contributed by atoms with Crippen LogP contribution in [0.4, 0.5) is 11.6 Å². The SMILES string of the molecule is COc1cc(NC(=O)CSc2nnc(N3CCCC3)n2-c2cccc(Cl)c2)cc(OC)c1. The minimum absolute atomic E-state index is 0.165. The Balaban J connectivity index is 1.52. The van der Waals surface area contributed by atoms with E-state index in [1.165, 1.54) is 11.8 Å². The van der Waals surface area contributed by atoms with E-state index in [9.17, 15) is 4.79 Å². The highest BCUT2D eigenvalue weighted by molar-refractivity contribution is 7.99. The van der Waals surface area contributed by atoms with E-state index < -0.39 is 0 Å². The number of carbonyl (C=O) groups excluding carboxylic acids is 1. The summed E-state index contributed by atoms with van der Waals surface area (Å²) in [5.74, 6) is 1.96. The largest absolute Gasteiger partial charge is 0.497 e. The van der Waals surface area contributed by atoms with E-state index >= 15 is 0 Å². The highest BCUT2D eigenvalue weighted by Crippen LogP contribution is 2.30. The topological polar surface area (TPSA) is 81.5 Å². The van der Waals surface area contributed by atoms with Crippen molar-refractivity contribution in [3.8, 4) is 17.2 Å². The molecule has 1 aliphatic heterocycles. The molecule has 1 aliphatic rings. The molecule has 1 fully saturated rings. The Morgan fingerprint density at radius 3 is 2.47 bits per heavy atom. The van der Waals surface area contributed by atoms with Crippen molar-refractivity contribution in [2.45, 2.75) is 18.0 Å². The van der Waals surface area contributed by atoms with Crippen LogP contribution >= 0.6 is 23.4 Å². The van der Waals surface area contributed by atoms with Crippen LogP contribution in [0, 0.1) is 0 Å². The van der Waals surface area contributed by atoms with Crippen LogP contribution in [0.15, 0.2) is 47.6 Å². The monoisotopic (exact) mass is 473 g/mol. The number of methoxy groups -OCH3 is 2. The van der Waals surface area contributed by atoms with Crippen LogP contribution in [0.5, 0.6) is 11.5 Å². The van der Waals surface area contributed by atoms with E-state index in [4.69, 9.17) is 21.1 Å². The first kappa shape index (κ1) is 22.3. The lowest BCUT2D eigenvalue weighted by Gasteiger charge is -2.18. The van der Waals surface area contributed by atoms with Gasteiger partial charge in [-0.15, -0.1) is 10.2 Å². The lowest BCUT2D eigenvalue weighted by Crippen LogP contribution is -2.22.